The Morgan fingerprint density at radius 3 is 2.82 bits per heavy atom. The minimum atomic E-state index is -0.445. The summed E-state index contributed by atoms with van der Waals surface area (Å²) < 4.78 is 15.6. The molecule has 1 amide bonds. The quantitative estimate of drug-likeness (QED) is 0.855. The Hall–Kier alpha value is -2.57. The van der Waals surface area contributed by atoms with E-state index in [2.05, 4.69) is 5.16 Å². The molecule has 0 radical (unpaired) electrons. The Labute approximate surface area is 126 Å². The van der Waals surface area contributed by atoms with Crippen LogP contribution in [0, 0.1) is 13.8 Å². The number of hydrogen-bond donors (Lipinski definition) is 0. The number of ether oxygens (including phenoxy) is 1. The lowest BCUT2D eigenvalue weighted by atomic mass is 10.3. The zero-order valence-corrected chi connectivity index (χ0v) is 12.4. The normalized spacial score (nSPS) is 17.7. The number of amides is 1. The molecule has 0 N–H and O–H groups in total. The van der Waals surface area contributed by atoms with Gasteiger partial charge in [0.05, 0.1) is 12.6 Å². The Morgan fingerprint density at radius 1 is 1.32 bits per heavy atom. The monoisotopic (exact) mass is 304 g/mol. The summed E-state index contributed by atoms with van der Waals surface area (Å²) in [6.45, 7) is 4.45. The van der Waals surface area contributed by atoms with E-state index in [1.165, 1.54) is 6.07 Å². The molecule has 3 rings (SSSR count). The van der Waals surface area contributed by atoms with Crippen molar-refractivity contribution in [1.82, 2.24) is 10.1 Å². The van der Waals surface area contributed by atoms with Crippen LogP contribution in [0.5, 0.6) is 5.75 Å². The summed E-state index contributed by atoms with van der Waals surface area (Å²) in [7, 11) is 0. The largest absolute Gasteiger partial charge is 0.488 e. The number of nitrogens with zero attached hydrogens (tertiary/aromatic N) is 2. The molecule has 1 saturated heterocycles. The highest BCUT2D eigenvalue weighted by Gasteiger charge is 2.29. The van der Waals surface area contributed by atoms with Crippen LogP contribution in [0.25, 0.3) is 0 Å². The summed E-state index contributed by atoms with van der Waals surface area (Å²) in [4.78, 5) is 25.2. The van der Waals surface area contributed by atoms with Crippen molar-refractivity contribution in [1.29, 1.82) is 0 Å². The van der Waals surface area contributed by atoms with Crippen LogP contribution in [0.1, 0.15) is 28.4 Å². The topological polar surface area (TPSA) is 85.8 Å². The van der Waals surface area contributed by atoms with Gasteiger partial charge < -0.3 is 18.6 Å². The molecule has 116 valence electrons. The van der Waals surface area contributed by atoms with Crippen LogP contribution in [0.15, 0.2) is 31.9 Å². The molecule has 2 aromatic rings. The Kier molecular flexibility index (Phi) is 3.70. The minimum absolute atomic E-state index is 0.154. The third-order valence-corrected chi connectivity index (χ3v) is 3.45. The third kappa shape index (κ3) is 3.03. The maximum Gasteiger partial charge on any atom is 0.339 e. The highest BCUT2D eigenvalue weighted by atomic mass is 16.5. The maximum atomic E-state index is 12.2. The Balaban J connectivity index is 1.65. The average Bonchev–Trinajstić information content (AvgIpc) is 3.06. The highest BCUT2D eigenvalue weighted by molar-refractivity contribution is 5.92. The lowest BCUT2D eigenvalue weighted by Crippen LogP contribution is -2.31. The van der Waals surface area contributed by atoms with E-state index in [-0.39, 0.29) is 12.0 Å². The molecule has 0 bridgehead atoms. The molecule has 2 aromatic heterocycles. The van der Waals surface area contributed by atoms with Gasteiger partial charge in [0.25, 0.3) is 5.91 Å². The van der Waals surface area contributed by atoms with E-state index >= 15 is 0 Å². The third-order valence-electron chi connectivity index (χ3n) is 3.45. The first kappa shape index (κ1) is 14.4. The van der Waals surface area contributed by atoms with Gasteiger partial charge in [0.15, 0.2) is 5.69 Å². The second kappa shape index (κ2) is 5.67. The summed E-state index contributed by atoms with van der Waals surface area (Å²) in [5.74, 6) is 1.38. The van der Waals surface area contributed by atoms with Crippen molar-refractivity contribution in [2.45, 2.75) is 26.4 Å². The first-order valence-corrected chi connectivity index (χ1v) is 7.02. The van der Waals surface area contributed by atoms with Gasteiger partial charge >= 0.3 is 5.63 Å². The number of carbonyl (C=O) groups excluding carboxylic acids is 1. The second-order valence-electron chi connectivity index (χ2n) is 5.33. The van der Waals surface area contributed by atoms with Crippen molar-refractivity contribution in [2.24, 2.45) is 0 Å². The number of rotatable bonds is 3. The second-order valence-corrected chi connectivity index (χ2v) is 5.33. The first-order valence-electron chi connectivity index (χ1n) is 7.02. The average molecular weight is 304 g/mol. The van der Waals surface area contributed by atoms with E-state index in [9.17, 15) is 9.59 Å². The fraction of sp³-hybridized carbons (Fsp3) is 0.400. The van der Waals surface area contributed by atoms with Crippen molar-refractivity contribution in [2.75, 3.05) is 13.1 Å². The van der Waals surface area contributed by atoms with Crippen molar-refractivity contribution in [3.05, 3.63) is 45.8 Å². The van der Waals surface area contributed by atoms with Gasteiger partial charge in [0.2, 0.25) is 0 Å². The van der Waals surface area contributed by atoms with Gasteiger partial charge in [-0.25, -0.2) is 4.79 Å². The predicted molar refractivity (Wildman–Crippen MR) is 75.9 cm³/mol. The van der Waals surface area contributed by atoms with E-state index in [1.54, 1.807) is 30.9 Å². The van der Waals surface area contributed by atoms with Crippen LogP contribution in [0.3, 0.4) is 0 Å². The van der Waals surface area contributed by atoms with Crippen LogP contribution in [0.4, 0.5) is 0 Å². The predicted octanol–water partition coefficient (Wildman–Crippen LogP) is 1.54. The van der Waals surface area contributed by atoms with Gasteiger partial charge in [-0.15, -0.1) is 0 Å². The number of hydrogen-bond acceptors (Lipinski definition) is 6. The molecule has 1 aliphatic heterocycles. The van der Waals surface area contributed by atoms with Gasteiger partial charge in [0, 0.05) is 25.1 Å². The first-order chi connectivity index (χ1) is 10.5. The molecule has 3 heterocycles. The number of likely N-dealkylation sites (tertiary alicyclic amines) is 1. The van der Waals surface area contributed by atoms with Crippen LogP contribution >= 0.6 is 0 Å². The highest BCUT2D eigenvalue weighted by Crippen LogP contribution is 2.19. The SMILES string of the molecule is Cc1cc(C(=O)N2CCC(Oc3cc(C)oc(=O)c3)C2)no1. The van der Waals surface area contributed by atoms with E-state index in [0.29, 0.717) is 42.5 Å². The zero-order chi connectivity index (χ0) is 15.7. The van der Waals surface area contributed by atoms with Gasteiger partial charge in [-0.1, -0.05) is 5.16 Å². The zero-order valence-electron chi connectivity index (χ0n) is 12.4. The Morgan fingerprint density at radius 2 is 2.14 bits per heavy atom. The van der Waals surface area contributed by atoms with E-state index in [4.69, 9.17) is 13.7 Å². The van der Waals surface area contributed by atoms with Crippen molar-refractivity contribution in [3.63, 3.8) is 0 Å². The van der Waals surface area contributed by atoms with Gasteiger partial charge in [-0.05, 0) is 13.8 Å². The van der Waals surface area contributed by atoms with Crippen molar-refractivity contribution in [3.8, 4) is 5.75 Å². The lowest BCUT2D eigenvalue weighted by Gasteiger charge is -2.16. The van der Waals surface area contributed by atoms with Gasteiger partial charge in [-0.3, -0.25) is 4.79 Å². The molecule has 1 fully saturated rings. The minimum Gasteiger partial charge on any atom is -0.488 e. The molecule has 1 unspecified atom stereocenters. The fourth-order valence-corrected chi connectivity index (χ4v) is 2.47. The molecule has 7 nitrogen and oxygen atoms in total. The van der Waals surface area contributed by atoms with Gasteiger partial charge in [0.1, 0.15) is 23.4 Å². The molecular weight excluding hydrogens is 288 g/mol. The van der Waals surface area contributed by atoms with E-state index in [1.807, 2.05) is 0 Å². The molecule has 1 atom stereocenters. The number of aromatic nitrogens is 1. The van der Waals surface area contributed by atoms with Crippen LogP contribution < -0.4 is 10.4 Å². The fourth-order valence-electron chi connectivity index (χ4n) is 2.47. The summed E-state index contributed by atoms with van der Waals surface area (Å²) in [5, 5.41) is 3.73. The molecule has 0 aliphatic carbocycles. The molecule has 0 aromatic carbocycles. The molecule has 0 saturated carbocycles. The molecule has 0 spiro atoms. The molecule has 1 aliphatic rings. The lowest BCUT2D eigenvalue weighted by molar-refractivity contribution is 0.0762. The number of aryl methyl sites for hydroxylation is 2. The van der Waals surface area contributed by atoms with Crippen molar-refractivity contribution >= 4 is 5.91 Å². The van der Waals surface area contributed by atoms with Crippen molar-refractivity contribution < 1.29 is 18.5 Å². The summed E-state index contributed by atoms with van der Waals surface area (Å²) in [5.41, 5.74) is -0.145. The van der Waals surface area contributed by atoms with Crippen LogP contribution in [0.2, 0.25) is 0 Å². The van der Waals surface area contributed by atoms with E-state index < -0.39 is 5.63 Å². The standard InChI is InChI=1S/C15H16N2O5/c1-9-5-12(7-14(18)20-9)21-11-3-4-17(8-11)15(19)13-6-10(2)22-16-13/h5-7,11H,3-4,8H2,1-2H3. The maximum absolute atomic E-state index is 12.2. The smallest absolute Gasteiger partial charge is 0.339 e. The van der Waals surface area contributed by atoms with Crippen LogP contribution in [-0.2, 0) is 0 Å². The molecule has 22 heavy (non-hydrogen) atoms. The summed E-state index contributed by atoms with van der Waals surface area (Å²) >= 11 is 0. The van der Waals surface area contributed by atoms with E-state index in [0.717, 1.165) is 0 Å². The summed E-state index contributed by atoms with van der Waals surface area (Å²) in [6, 6.07) is 4.58. The summed E-state index contributed by atoms with van der Waals surface area (Å²) in [6.07, 6.45) is 0.542. The van der Waals surface area contributed by atoms with Gasteiger partial charge in [-0.2, -0.15) is 0 Å². The van der Waals surface area contributed by atoms with Crippen LogP contribution in [-0.4, -0.2) is 35.2 Å². The number of carbonyl (C=O) groups is 1. The molecule has 7 heteroatoms. The molecular formula is C15H16N2O5. The Bertz CT molecular complexity index is 748.